The van der Waals surface area contributed by atoms with Crippen molar-refractivity contribution in [2.24, 2.45) is 0 Å². The van der Waals surface area contributed by atoms with Gasteiger partial charge in [0, 0.05) is 6.54 Å². The normalized spacial score (nSPS) is 20.1. The van der Waals surface area contributed by atoms with Crippen LogP contribution >= 0.6 is 0 Å². The zero-order valence-electron chi connectivity index (χ0n) is 15.2. The van der Waals surface area contributed by atoms with Gasteiger partial charge in [-0.1, -0.05) is 12.2 Å². The van der Waals surface area contributed by atoms with Crippen LogP contribution < -0.4 is 9.64 Å². The van der Waals surface area contributed by atoms with E-state index in [0.29, 0.717) is 36.5 Å². The van der Waals surface area contributed by atoms with Crippen molar-refractivity contribution in [3.8, 4) is 5.75 Å². The summed E-state index contributed by atoms with van der Waals surface area (Å²) in [5, 5.41) is 0. The Morgan fingerprint density at radius 2 is 2.04 bits per heavy atom. The summed E-state index contributed by atoms with van der Waals surface area (Å²) in [7, 11) is 1.55. The van der Waals surface area contributed by atoms with Gasteiger partial charge in [0.25, 0.3) is 5.91 Å². The molecule has 0 aromatic heterocycles. The zero-order chi connectivity index (χ0) is 18.4. The van der Waals surface area contributed by atoms with Crippen LogP contribution in [0.1, 0.15) is 37.6 Å². The van der Waals surface area contributed by atoms with Crippen LogP contribution in [0.15, 0.2) is 30.4 Å². The molecule has 25 heavy (non-hydrogen) atoms. The number of carbonyl (C=O) groups is 2. The van der Waals surface area contributed by atoms with E-state index in [-0.39, 0.29) is 11.9 Å². The van der Waals surface area contributed by atoms with Crippen molar-refractivity contribution < 1.29 is 19.1 Å². The van der Waals surface area contributed by atoms with Gasteiger partial charge in [-0.05, 0) is 45.4 Å². The van der Waals surface area contributed by atoms with Crippen molar-refractivity contribution in [2.45, 2.75) is 38.8 Å². The highest BCUT2D eigenvalue weighted by atomic mass is 16.6. The summed E-state index contributed by atoms with van der Waals surface area (Å²) < 4.78 is 10.8. The Morgan fingerprint density at radius 1 is 1.32 bits per heavy atom. The Bertz CT molecular complexity index is 735. The maximum atomic E-state index is 13.0. The number of carbonyl (C=O) groups excluding carboxylic acids is 2. The minimum absolute atomic E-state index is 0.0917. The molecule has 0 spiro atoms. The molecule has 1 atom stereocenters. The van der Waals surface area contributed by atoms with Gasteiger partial charge in [0.1, 0.15) is 11.4 Å². The van der Waals surface area contributed by atoms with Crippen LogP contribution in [0, 0.1) is 0 Å². The smallest absolute Gasteiger partial charge is 0.414 e. The van der Waals surface area contributed by atoms with Gasteiger partial charge in [-0.2, -0.15) is 0 Å². The number of anilines is 1. The number of rotatable bonds is 1. The number of amides is 2. The lowest BCUT2D eigenvalue weighted by atomic mass is 10.1. The highest BCUT2D eigenvalue weighted by Crippen LogP contribution is 2.35. The average molecular weight is 344 g/mol. The molecule has 3 rings (SSSR count). The molecule has 1 unspecified atom stereocenters. The molecule has 0 aliphatic carbocycles. The lowest BCUT2D eigenvalue weighted by Crippen LogP contribution is -2.43. The number of methoxy groups -OCH3 is 1. The molecule has 6 heteroatoms. The van der Waals surface area contributed by atoms with Crippen molar-refractivity contribution in [3.63, 3.8) is 0 Å². The molecular formula is C19H24N2O4. The number of fused-ring (bicyclic) bond motifs is 2. The van der Waals surface area contributed by atoms with Crippen LogP contribution in [0.5, 0.6) is 5.75 Å². The van der Waals surface area contributed by atoms with Crippen molar-refractivity contribution in [2.75, 3.05) is 25.1 Å². The van der Waals surface area contributed by atoms with Crippen LogP contribution in [0.25, 0.3) is 0 Å². The van der Waals surface area contributed by atoms with Crippen LogP contribution in [-0.4, -0.2) is 48.7 Å². The minimum Gasteiger partial charge on any atom is -0.497 e. The van der Waals surface area contributed by atoms with Gasteiger partial charge in [-0.15, -0.1) is 0 Å². The quantitative estimate of drug-likeness (QED) is 0.734. The zero-order valence-corrected chi connectivity index (χ0v) is 15.2. The van der Waals surface area contributed by atoms with Crippen LogP contribution in [0.4, 0.5) is 10.5 Å². The summed E-state index contributed by atoms with van der Waals surface area (Å²) in [6, 6.07) is 5.08. The fraction of sp³-hybridized carbons (Fsp3) is 0.474. The highest BCUT2D eigenvalue weighted by molar-refractivity contribution is 6.05. The molecule has 1 fully saturated rings. The van der Waals surface area contributed by atoms with Crippen LogP contribution in [0.3, 0.4) is 0 Å². The summed E-state index contributed by atoms with van der Waals surface area (Å²) in [5.41, 5.74) is 1.38. The van der Waals surface area contributed by atoms with Gasteiger partial charge in [0.2, 0.25) is 0 Å². The fourth-order valence-corrected chi connectivity index (χ4v) is 3.28. The molecule has 134 valence electrons. The Labute approximate surface area is 148 Å². The molecular weight excluding hydrogens is 320 g/mol. The summed E-state index contributed by atoms with van der Waals surface area (Å²) in [5.74, 6) is 0.469. The van der Waals surface area contributed by atoms with E-state index in [4.69, 9.17) is 9.47 Å². The summed E-state index contributed by atoms with van der Waals surface area (Å²) in [6.45, 7) is 10.4. The predicted octanol–water partition coefficient (Wildman–Crippen LogP) is 3.22. The number of hydrogen-bond donors (Lipinski definition) is 0. The summed E-state index contributed by atoms with van der Waals surface area (Å²) in [4.78, 5) is 29.2. The molecule has 0 bridgehead atoms. The monoisotopic (exact) mass is 344 g/mol. The maximum absolute atomic E-state index is 13.0. The molecule has 0 N–H and O–H groups in total. The molecule has 6 nitrogen and oxygen atoms in total. The van der Waals surface area contributed by atoms with Crippen LogP contribution in [0.2, 0.25) is 0 Å². The van der Waals surface area contributed by atoms with Crippen molar-refractivity contribution in [1.29, 1.82) is 0 Å². The summed E-state index contributed by atoms with van der Waals surface area (Å²) >= 11 is 0. The van der Waals surface area contributed by atoms with E-state index in [9.17, 15) is 9.59 Å². The van der Waals surface area contributed by atoms with Gasteiger partial charge in [0.15, 0.2) is 0 Å². The van der Waals surface area contributed by atoms with Gasteiger partial charge in [-0.25, -0.2) is 4.79 Å². The molecule has 0 saturated carbocycles. The van der Waals surface area contributed by atoms with E-state index in [1.165, 1.54) is 0 Å². The SMILES string of the molecule is C=C1CC2CN(C(=O)OC(C)(C)C)c3ccc(OC)cc3C(=O)N2C1. The molecule has 1 saturated heterocycles. The predicted molar refractivity (Wildman–Crippen MR) is 95.2 cm³/mol. The molecule has 2 aliphatic heterocycles. The van der Waals surface area contributed by atoms with Gasteiger partial charge < -0.3 is 14.4 Å². The van der Waals surface area contributed by atoms with Crippen molar-refractivity contribution in [1.82, 2.24) is 4.90 Å². The third-order valence-corrected chi connectivity index (χ3v) is 4.35. The van der Waals surface area contributed by atoms with E-state index in [0.717, 1.165) is 5.57 Å². The van der Waals surface area contributed by atoms with E-state index in [1.54, 1.807) is 35.1 Å². The van der Waals surface area contributed by atoms with E-state index in [1.807, 2.05) is 20.8 Å². The number of ether oxygens (including phenoxy) is 2. The standard InChI is InChI=1S/C19H24N2O4/c1-12-8-13-11-21(18(23)25-19(2,3)4)16-7-6-14(24-5)9-15(16)17(22)20(13)10-12/h6-7,9,13H,1,8,10-11H2,2-5H3. The second-order valence-corrected chi connectivity index (χ2v) is 7.52. The Hall–Kier alpha value is -2.50. The lowest BCUT2D eigenvalue weighted by Gasteiger charge is -2.29. The maximum Gasteiger partial charge on any atom is 0.414 e. The minimum atomic E-state index is -0.612. The van der Waals surface area contributed by atoms with E-state index < -0.39 is 11.7 Å². The van der Waals surface area contributed by atoms with Gasteiger partial charge in [0.05, 0.1) is 30.9 Å². The first-order valence-electron chi connectivity index (χ1n) is 8.36. The summed E-state index contributed by atoms with van der Waals surface area (Å²) in [6.07, 6.45) is 0.238. The lowest BCUT2D eigenvalue weighted by molar-refractivity contribution is 0.0567. The van der Waals surface area contributed by atoms with Crippen LogP contribution in [-0.2, 0) is 4.74 Å². The number of hydrogen-bond acceptors (Lipinski definition) is 4. The van der Waals surface area contributed by atoms with E-state index >= 15 is 0 Å². The first kappa shape index (κ1) is 17.3. The molecule has 2 amide bonds. The largest absolute Gasteiger partial charge is 0.497 e. The third kappa shape index (κ3) is 3.34. The molecule has 1 aromatic carbocycles. The van der Waals surface area contributed by atoms with E-state index in [2.05, 4.69) is 6.58 Å². The first-order chi connectivity index (χ1) is 11.7. The molecule has 2 aliphatic rings. The Morgan fingerprint density at radius 3 is 2.68 bits per heavy atom. The highest BCUT2D eigenvalue weighted by Gasteiger charge is 2.40. The first-order valence-corrected chi connectivity index (χ1v) is 8.36. The molecule has 1 aromatic rings. The number of benzene rings is 1. The Balaban J connectivity index is 2.06. The number of nitrogens with zero attached hydrogens (tertiary/aromatic N) is 2. The third-order valence-electron chi connectivity index (χ3n) is 4.35. The average Bonchev–Trinajstić information content (AvgIpc) is 2.85. The second-order valence-electron chi connectivity index (χ2n) is 7.52. The fourth-order valence-electron chi connectivity index (χ4n) is 3.28. The second kappa shape index (κ2) is 6.10. The topological polar surface area (TPSA) is 59.1 Å². The van der Waals surface area contributed by atoms with Crippen molar-refractivity contribution >= 4 is 17.7 Å². The van der Waals surface area contributed by atoms with Crippen molar-refractivity contribution in [3.05, 3.63) is 35.9 Å². The Kier molecular flexibility index (Phi) is 4.22. The van der Waals surface area contributed by atoms with Gasteiger partial charge >= 0.3 is 6.09 Å². The molecule has 2 heterocycles. The van der Waals surface area contributed by atoms with Gasteiger partial charge in [-0.3, -0.25) is 9.69 Å². The molecule has 0 radical (unpaired) electrons.